The van der Waals surface area contributed by atoms with E-state index < -0.39 is 22.7 Å². The smallest absolute Gasteiger partial charge is 0.412 e. The van der Waals surface area contributed by atoms with Crippen molar-refractivity contribution in [2.45, 2.75) is 39.2 Å². The predicted molar refractivity (Wildman–Crippen MR) is 90.6 cm³/mol. The minimum atomic E-state index is -0.644. The number of carbonyl (C=O) groups is 2. The van der Waals surface area contributed by atoms with Crippen molar-refractivity contribution in [2.75, 3.05) is 13.1 Å². The van der Waals surface area contributed by atoms with Crippen LogP contribution in [0.2, 0.25) is 0 Å². The fourth-order valence-corrected chi connectivity index (χ4v) is 1.72. The number of nitro benzene ring substituents is 1. The Morgan fingerprint density at radius 1 is 1.04 bits per heavy atom. The molecule has 1 rings (SSSR count). The molecule has 9 heteroatoms. The highest BCUT2D eigenvalue weighted by atomic mass is 16.6. The molecular weight excluding hydrogens is 330 g/mol. The van der Waals surface area contributed by atoms with E-state index >= 15 is 0 Å². The molecule has 0 aromatic heterocycles. The Kier molecular flexibility index (Phi) is 7.64. The number of hydrogen-bond acceptors (Lipinski definition) is 6. The van der Waals surface area contributed by atoms with Crippen molar-refractivity contribution in [1.82, 2.24) is 10.6 Å². The van der Waals surface area contributed by atoms with Gasteiger partial charge in [0.15, 0.2) is 0 Å². The molecule has 2 N–H and O–H groups in total. The zero-order valence-electron chi connectivity index (χ0n) is 14.5. The van der Waals surface area contributed by atoms with Crippen LogP contribution in [-0.4, -0.2) is 35.8 Å². The molecular formula is C16H23N3O6. The fraction of sp³-hybridized carbons (Fsp3) is 0.500. The number of unbranched alkanes of at least 4 members (excludes halogenated alkanes) is 1. The molecule has 2 amide bonds. The summed E-state index contributed by atoms with van der Waals surface area (Å²) in [5, 5.41) is 15.7. The summed E-state index contributed by atoms with van der Waals surface area (Å²) in [5.41, 5.74) is -0.613. The Morgan fingerprint density at radius 2 is 1.56 bits per heavy atom. The Hall–Kier alpha value is -2.84. The molecule has 0 atom stereocenters. The lowest BCUT2D eigenvalue weighted by Gasteiger charge is -2.19. The van der Waals surface area contributed by atoms with Crippen LogP contribution in [-0.2, 0) is 4.74 Å². The average Bonchev–Trinajstić information content (AvgIpc) is 2.49. The lowest BCUT2D eigenvalue weighted by molar-refractivity contribution is -0.384. The van der Waals surface area contributed by atoms with E-state index in [-0.39, 0.29) is 11.4 Å². The highest BCUT2D eigenvalue weighted by Gasteiger charge is 2.15. The van der Waals surface area contributed by atoms with Gasteiger partial charge in [-0.05, 0) is 45.7 Å². The van der Waals surface area contributed by atoms with Crippen molar-refractivity contribution < 1.29 is 24.0 Å². The van der Waals surface area contributed by atoms with E-state index in [0.717, 1.165) is 0 Å². The lowest BCUT2D eigenvalue weighted by atomic mass is 10.2. The van der Waals surface area contributed by atoms with E-state index in [4.69, 9.17) is 9.47 Å². The average molecular weight is 353 g/mol. The van der Waals surface area contributed by atoms with E-state index in [2.05, 4.69) is 10.6 Å². The SMILES string of the molecule is CC(C)(C)OC(=O)NCCCCNC(=O)Oc1ccc([N+](=O)[O-])cc1. The zero-order valence-corrected chi connectivity index (χ0v) is 14.5. The van der Waals surface area contributed by atoms with Crippen LogP contribution in [0.15, 0.2) is 24.3 Å². The number of non-ortho nitro benzene ring substituents is 1. The van der Waals surface area contributed by atoms with Gasteiger partial charge < -0.3 is 20.1 Å². The third-order valence-electron chi connectivity index (χ3n) is 2.80. The van der Waals surface area contributed by atoms with Crippen LogP contribution in [0, 0.1) is 10.1 Å². The highest BCUT2D eigenvalue weighted by Crippen LogP contribution is 2.17. The summed E-state index contributed by atoms with van der Waals surface area (Å²) in [6.07, 6.45) is 0.189. The van der Waals surface area contributed by atoms with Crippen molar-refractivity contribution in [3.05, 3.63) is 34.4 Å². The van der Waals surface area contributed by atoms with Gasteiger partial charge in [0.1, 0.15) is 11.4 Å². The van der Waals surface area contributed by atoms with Crippen LogP contribution < -0.4 is 15.4 Å². The van der Waals surface area contributed by atoms with Crippen molar-refractivity contribution in [1.29, 1.82) is 0 Å². The van der Waals surface area contributed by atoms with Crippen molar-refractivity contribution in [3.8, 4) is 5.75 Å². The van der Waals surface area contributed by atoms with Gasteiger partial charge in [-0.15, -0.1) is 0 Å². The van der Waals surface area contributed by atoms with Gasteiger partial charge in [0.05, 0.1) is 4.92 Å². The van der Waals surface area contributed by atoms with Gasteiger partial charge in [0, 0.05) is 25.2 Å². The molecule has 0 fully saturated rings. The molecule has 25 heavy (non-hydrogen) atoms. The first-order valence-electron chi connectivity index (χ1n) is 7.84. The Balaban J connectivity index is 2.14. The number of nitro groups is 1. The van der Waals surface area contributed by atoms with Crippen LogP contribution in [0.4, 0.5) is 15.3 Å². The normalized spacial score (nSPS) is 10.7. The van der Waals surface area contributed by atoms with Crippen LogP contribution in [0.1, 0.15) is 33.6 Å². The zero-order chi connectivity index (χ0) is 18.9. The number of benzene rings is 1. The van der Waals surface area contributed by atoms with Crippen molar-refractivity contribution >= 4 is 17.9 Å². The van der Waals surface area contributed by atoms with Gasteiger partial charge in [-0.25, -0.2) is 9.59 Å². The Morgan fingerprint density at radius 3 is 2.04 bits per heavy atom. The van der Waals surface area contributed by atoms with Crippen molar-refractivity contribution in [3.63, 3.8) is 0 Å². The molecule has 0 heterocycles. The number of nitrogens with zero attached hydrogens (tertiary/aromatic N) is 1. The Bertz CT molecular complexity index is 595. The van der Waals surface area contributed by atoms with Crippen LogP contribution in [0.3, 0.4) is 0 Å². The second kappa shape index (κ2) is 9.45. The van der Waals surface area contributed by atoms with Gasteiger partial charge in [-0.1, -0.05) is 0 Å². The third kappa shape index (κ3) is 9.14. The second-order valence-electron chi connectivity index (χ2n) is 6.20. The summed E-state index contributed by atoms with van der Waals surface area (Å²) in [6, 6.07) is 5.21. The summed E-state index contributed by atoms with van der Waals surface area (Å²) < 4.78 is 10.1. The number of amides is 2. The highest BCUT2D eigenvalue weighted by molar-refractivity contribution is 5.70. The minimum Gasteiger partial charge on any atom is -0.444 e. The fourth-order valence-electron chi connectivity index (χ4n) is 1.72. The standard InChI is InChI=1S/C16H23N3O6/c1-16(2,3)25-15(21)18-11-5-4-10-17-14(20)24-13-8-6-12(7-9-13)19(22)23/h6-9H,4-5,10-11H2,1-3H3,(H,17,20)(H,18,21). The van der Waals surface area contributed by atoms with Crippen LogP contribution in [0.25, 0.3) is 0 Å². The minimum absolute atomic E-state index is 0.0785. The van der Waals surface area contributed by atoms with E-state index in [1.54, 1.807) is 20.8 Å². The molecule has 0 spiro atoms. The van der Waals surface area contributed by atoms with Gasteiger partial charge >= 0.3 is 12.2 Å². The summed E-state index contributed by atoms with van der Waals surface area (Å²) in [4.78, 5) is 33.0. The molecule has 0 aliphatic carbocycles. The molecule has 0 aliphatic heterocycles. The quantitative estimate of drug-likeness (QED) is 0.442. The van der Waals surface area contributed by atoms with Gasteiger partial charge in [-0.2, -0.15) is 0 Å². The number of rotatable bonds is 7. The topological polar surface area (TPSA) is 120 Å². The van der Waals surface area contributed by atoms with Crippen molar-refractivity contribution in [2.24, 2.45) is 0 Å². The van der Waals surface area contributed by atoms with E-state index in [0.29, 0.717) is 25.9 Å². The lowest BCUT2D eigenvalue weighted by Crippen LogP contribution is -2.33. The molecule has 138 valence electrons. The molecule has 0 saturated carbocycles. The first-order chi connectivity index (χ1) is 11.7. The number of nitrogens with one attached hydrogen (secondary N) is 2. The third-order valence-corrected chi connectivity index (χ3v) is 2.80. The van der Waals surface area contributed by atoms with E-state index in [1.807, 2.05) is 0 Å². The molecule has 1 aromatic rings. The number of hydrogen-bond donors (Lipinski definition) is 2. The summed E-state index contributed by atoms with van der Waals surface area (Å²) >= 11 is 0. The van der Waals surface area contributed by atoms with Gasteiger partial charge in [0.25, 0.3) is 5.69 Å². The molecule has 0 radical (unpaired) electrons. The maximum Gasteiger partial charge on any atom is 0.412 e. The van der Waals surface area contributed by atoms with E-state index in [9.17, 15) is 19.7 Å². The number of ether oxygens (including phenoxy) is 2. The molecule has 0 saturated heterocycles. The molecule has 0 aliphatic rings. The maximum absolute atomic E-state index is 11.6. The summed E-state index contributed by atoms with van der Waals surface area (Å²) in [5.74, 6) is 0.217. The molecule has 0 bridgehead atoms. The molecule has 1 aromatic carbocycles. The van der Waals surface area contributed by atoms with Gasteiger partial charge in [0.2, 0.25) is 0 Å². The first-order valence-corrected chi connectivity index (χ1v) is 7.84. The number of carbonyl (C=O) groups excluding carboxylic acids is 2. The van der Waals surface area contributed by atoms with Crippen LogP contribution >= 0.6 is 0 Å². The maximum atomic E-state index is 11.6. The number of alkyl carbamates (subject to hydrolysis) is 1. The van der Waals surface area contributed by atoms with E-state index in [1.165, 1.54) is 24.3 Å². The Labute approximate surface area is 145 Å². The predicted octanol–water partition coefficient (Wildman–Crippen LogP) is 2.99. The van der Waals surface area contributed by atoms with Gasteiger partial charge in [-0.3, -0.25) is 10.1 Å². The monoisotopic (exact) mass is 353 g/mol. The molecule has 9 nitrogen and oxygen atoms in total. The van der Waals surface area contributed by atoms with Crippen LogP contribution in [0.5, 0.6) is 5.75 Å². The second-order valence-corrected chi connectivity index (χ2v) is 6.20. The largest absolute Gasteiger partial charge is 0.444 e. The summed E-state index contributed by atoms with van der Waals surface area (Å²) in [7, 11) is 0. The summed E-state index contributed by atoms with van der Waals surface area (Å²) in [6.45, 7) is 6.17. The molecule has 0 unspecified atom stereocenters. The first kappa shape index (κ1) is 20.2.